The van der Waals surface area contributed by atoms with Crippen LogP contribution in [0.3, 0.4) is 0 Å². The Hall–Kier alpha value is -1.37. The zero-order valence-electron chi connectivity index (χ0n) is 8.16. The van der Waals surface area contributed by atoms with Crippen LogP contribution < -0.4 is 0 Å². The molecule has 0 fully saturated rings. The van der Waals surface area contributed by atoms with Crippen LogP contribution in [0.1, 0.15) is 15.9 Å². The van der Waals surface area contributed by atoms with Crippen LogP contribution in [-0.2, 0) is 10.9 Å². The molecule has 0 aliphatic rings. The highest BCUT2D eigenvalue weighted by atomic mass is 35.5. The Morgan fingerprint density at radius 2 is 1.82 bits per heavy atom. The Kier molecular flexibility index (Phi) is 3.61. The van der Waals surface area contributed by atoms with Gasteiger partial charge in [0, 0.05) is 0 Å². The number of benzene rings is 1. The van der Waals surface area contributed by atoms with Crippen LogP contribution in [0.15, 0.2) is 6.07 Å². The third-order valence-electron chi connectivity index (χ3n) is 1.85. The first-order valence-corrected chi connectivity index (χ1v) is 4.41. The average Bonchev–Trinajstić information content (AvgIpc) is 2.21. The molecule has 0 N–H and O–H groups in total. The summed E-state index contributed by atoms with van der Waals surface area (Å²) in [6.07, 6.45) is -5.11. The molecule has 17 heavy (non-hydrogen) atoms. The van der Waals surface area contributed by atoms with E-state index in [4.69, 9.17) is 11.6 Å². The van der Waals surface area contributed by atoms with Crippen LogP contribution in [-0.4, -0.2) is 13.1 Å². The molecule has 2 nitrogen and oxygen atoms in total. The molecule has 1 rings (SSSR count). The summed E-state index contributed by atoms with van der Waals surface area (Å²) >= 11 is 5.28. The summed E-state index contributed by atoms with van der Waals surface area (Å²) < 4.78 is 67.1. The van der Waals surface area contributed by atoms with Crippen LogP contribution >= 0.6 is 11.6 Å². The highest BCUT2D eigenvalue weighted by molar-refractivity contribution is 6.33. The summed E-state index contributed by atoms with van der Waals surface area (Å²) in [5.41, 5.74) is -2.95. The minimum Gasteiger partial charge on any atom is -0.465 e. The molecule has 0 unspecified atom stereocenters. The Labute approximate surface area is 96.9 Å². The molecule has 0 radical (unpaired) electrons. The molecule has 0 aliphatic carbocycles. The summed E-state index contributed by atoms with van der Waals surface area (Å²) in [5, 5.41) is -0.872. The lowest BCUT2D eigenvalue weighted by Gasteiger charge is -2.11. The van der Waals surface area contributed by atoms with Crippen molar-refractivity contribution in [1.29, 1.82) is 0 Å². The van der Waals surface area contributed by atoms with Gasteiger partial charge in [0.1, 0.15) is 5.56 Å². The zero-order chi connectivity index (χ0) is 13.4. The van der Waals surface area contributed by atoms with E-state index in [0.29, 0.717) is 0 Å². The second-order valence-electron chi connectivity index (χ2n) is 2.90. The van der Waals surface area contributed by atoms with Crippen LogP contribution in [0.4, 0.5) is 22.0 Å². The lowest BCUT2D eigenvalue weighted by molar-refractivity contribution is -0.140. The topological polar surface area (TPSA) is 26.3 Å². The summed E-state index contributed by atoms with van der Waals surface area (Å²) in [6, 6.07) is 0.131. The van der Waals surface area contributed by atoms with Crippen molar-refractivity contribution in [2.45, 2.75) is 6.18 Å². The number of methoxy groups -OCH3 is 1. The molecule has 0 heterocycles. The molecule has 0 atom stereocenters. The van der Waals surface area contributed by atoms with Gasteiger partial charge in [-0.2, -0.15) is 13.2 Å². The highest BCUT2D eigenvalue weighted by Crippen LogP contribution is 2.36. The van der Waals surface area contributed by atoms with E-state index in [-0.39, 0.29) is 6.07 Å². The Morgan fingerprint density at radius 3 is 2.24 bits per heavy atom. The fraction of sp³-hybridized carbons (Fsp3) is 0.222. The highest BCUT2D eigenvalue weighted by Gasteiger charge is 2.38. The van der Waals surface area contributed by atoms with E-state index in [1.165, 1.54) is 0 Å². The van der Waals surface area contributed by atoms with Gasteiger partial charge in [0.2, 0.25) is 0 Å². The van der Waals surface area contributed by atoms with Gasteiger partial charge in [0.05, 0.1) is 17.7 Å². The van der Waals surface area contributed by atoms with Crippen molar-refractivity contribution in [3.8, 4) is 0 Å². The Bertz CT molecular complexity index is 469. The lowest BCUT2D eigenvalue weighted by atomic mass is 10.1. The van der Waals surface area contributed by atoms with Crippen molar-refractivity contribution >= 4 is 17.6 Å². The van der Waals surface area contributed by atoms with E-state index in [2.05, 4.69) is 4.74 Å². The number of alkyl halides is 3. The van der Waals surface area contributed by atoms with Crippen LogP contribution in [0.2, 0.25) is 5.02 Å². The van der Waals surface area contributed by atoms with Gasteiger partial charge in [-0.05, 0) is 6.07 Å². The molecule has 1 aromatic carbocycles. The van der Waals surface area contributed by atoms with Crippen molar-refractivity contribution < 1.29 is 31.5 Å². The van der Waals surface area contributed by atoms with Gasteiger partial charge in [-0.3, -0.25) is 0 Å². The molecular weight excluding hydrogens is 271 g/mol. The van der Waals surface area contributed by atoms with Crippen molar-refractivity contribution in [3.05, 3.63) is 33.9 Å². The number of hydrogen-bond donors (Lipinski definition) is 0. The van der Waals surface area contributed by atoms with E-state index in [0.717, 1.165) is 7.11 Å². The maximum Gasteiger partial charge on any atom is 0.419 e. The third-order valence-corrected chi connectivity index (χ3v) is 2.15. The molecule has 1 aromatic rings. The number of halogens is 6. The molecule has 0 aromatic heterocycles. The minimum absolute atomic E-state index is 0.131. The minimum atomic E-state index is -5.11. The van der Waals surface area contributed by atoms with Crippen LogP contribution in [0.25, 0.3) is 0 Å². The molecule has 0 bridgehead atoms. The second-order valence-corrected chi connectivity index (χ2v) is 3.31. The molecule has 0 amide bonds. The van der Waals surface area contributed by atoms with Crippen LogP contribution in [0.5, 0.6) is 0 Å². The van der Waals surface area contributed by atoms with Crippen molar-refractivity contribution in [1.82, 2.24) is 0 Å². The quantitative estimate of drug-likeness (QED) is 0.445. The molecule has 0 saturated carbocycles. The number of esters is 1. The lowest BCUT2D eigenvalue weighted by Crippen LogP contribution is -2.14. The summed E-state index contributed by atoms with van der Waals surface area (Å²) in [7, 11) is 0.855. The molecule has 0 aliphatic heterocycles. The van der Waals surface area contributed by atoms with E-state index >= 15 is 0 Å². The van der Waals surface area contributed by atoms with E-state index in [9.17, 15) is 26.7 Å². The smallest absolute Gasteiger partial charge is 0.419 e. The molecule has 0 saturated heterocycles. The van der Waals surface area contributed by atoms with Gasteiger partial charge in [-0.25, -0.2) is 13.6 Å². The van der Waals surface area contributed by atoms with Gasteiger partial charge in [-0.1, -0.05) is 11.6 Å². The molecular formula is C9H4ClF5O2. The second kappa shape index (κ2) is 4.48. The number of ether oxygens (including phenoxy) is 1. The maximum absolute atomic E-state index is 13.2. The molecule has 8 heteroatoms. The van der Waals surface area contributed by atoms with Crippen LogP contribution in [0, 0.1) is 11.6 Å². The summed E-state index contributed by atoms with van der Waals surface area (Å²) in [6.45, 7) is 0. The van der Waals surface area contributed by atoms with Crippen molar-refractivity contribution in [2.24, 2.45) is 0 Å². The first-order chi connectivity index (χ1) is 7.70. The normalized spacial score (nSPS) is 11.5. The fourth-order valence-corrected chi connectivity index (χ4v) is 1.36. The van der Waals surface area contributed by atoms with E-state index < -0.39 is 39.9 Å². The summed E-state index contributed by atoms with van der Waals surface area (Å²) in [4.78, 5) is 11.0. The van der Waals surface area contributed by atoms with Crippen molar-refractivity contribution in [2.75, 3.05) is 7.11 Å². The summed E-state index contributed by atoms with van der Waals surface area (Å²) in [5.74, 6) is -5.54. The number of hydrogen-bond acceptors (Lipinski definition) is 2. The van der Waals surface area contributed by atoms with Gasteiger partial charge in [0.25, 0.3) is 0 Å². The van der Waals surface area contributed by atoms with Gasteiger partial charge >= 0.3 is 12.1 Å². The first-order valence-electron chi connectivity index (χ1n) is 4.03. The van der Waals surface area contributed by atoms with Gasteiger partial charge in [-0.15, -0.1) is 0 Å². The number of rotatable bonds is 1. The Morgan fingerprint density at radius 1 is 1.29 bits per heavy atom. The third kappa shape index (κ3) is 2.49. The van der Waals surface area contributed by atoms with E-state index in [1.807, 2.05) is 0 Å². The molecule has 0 spiro atoms. The largest absolute Gasteiger partial charge is 0.465 e. The SMILES string of the molecule is COC(=O)c1c(Cl)cc(C(F)(F)F)c(F)c1F. The monoisotopic (exact) mass is 274 g/mol. The maximum atomic E-state index is 13.2. The number of carbonyl (C=O) groups excluding carboxylic acids is 1. The average molecular weight is 275 g/mol. The standard InChI is InChI=1S/C9H4ClF5O2/c1-17-8(16)5-4(10)2-3(9(13,14)15)6(11)7(5)12/h2H,1H3. The first kappa shape index (κ1) is 13.7. The predicted octanol–water partition coefficient (Wildman–Crippen LogP) is 3.42. The van der Waals surface area contributed by atoms with E-state index in [1.54, 1.807) is 0 Å². The van der Waals surface area contributed by atoms with Gasteiger partial charge < -0.3 is 4.74 Å². The van der Waals surface area contributed by atoms with Gasteiger partial charge in [0.15, 0.2) is 11.6 Å². The number of carbonyl (C=O) groups is 1. The van der Waals surface area contributed by atoms with Crippen molar-refractivity contribution in [3.63, 3.8) is 0 Å². The predicted molar refractivity (Wildman–Crippen MR) is 47.7 cm³/mol. The zero-order valence-corrected chi connectivity index (χ0v) is 8.92. The molecule has 94 valence electrons. The fourth-order valence-electron chi connectivity index (χ4n) is 1.09. The Balaban J connectivity index is 3.53.